The predicted octanol–water partition coefficient (Wildman–Crippen LogP) is 4.08. The van der Waals surface area contributed by atoms with Crippen LogP contribution in [0.4, 0.5) is 9.59 Å². The van der Waals surface area contributed by atoms with Gasteiger partial charge in [0.1, 0.15) is 11.2 Å². The fourth-order valence-electron chi connectivity index (χ4n) is 3.29. The van der Waals surface area contributed by atoms with Crippen LogP contribution < -0.4 is 0 Å². The van der Waals surface area contributed by atoms with E-state index in [1.54, 1.807) is 11.0 Å². The van der Waals surface area contributed by atoms with Crippen molar-refractivity contribution in [1.82, 2.24) is 9.80 Å². The minimum Gasteiger partial charge on any atom is -0.444 e. The average Bonchev–Trinajstić information content (AvgIpc) is 3.15. The van der Waals surface area contributed by atoms with Gasteiger partial charge in [0.2, 0.25) is 0 Å². The molecule has 2 fully saturated rings. The van der Waals surface area contributed by atoms with E-state index >= 15 is 0 Å². The third-order valence-electron chi connectivity index (χ3n) is 4.91. The number of aliphatic hydroxyl groups is 1. The number of hydrogen-bond acceptors (Lipinski definition) is 5. The fourth-order valence-corrected chi connectivity index (χ4v) is 3.29. The Morgan fingerprint density at radius 2 is 1.23 bits per heavy atom. The predicted molar refractivity (Wildman–Crippen MR) is 118 cm³/mol. The lowest BCUT2D eigenvalue weighted by molar-refractivity contribution is 0.0265. The molecule has 172 valence electrons. The number of hydrogen-bond donors (Lipinski definition) is 1. The Morgan fingerprint density at radius 1 is 0.833 bits per heavy atom. The second kappa shape index (κ2) is 10.3. The third-order valence-corrected chi connectivity index (χ3v) is 4.91. The van der Waals surface area contributed by atoms with Crippen LogP contribution in [0.1, 0.15) is 48.5 Å². The van der Waals surface area contributed by atoms with Gasteiger partial charge >= 0.3 is 12.2 Å². The molecule has 2 heterocycles. The summed E-state index contributed by atoms with van der Waals surface area (Å²) < 4.78 is 10.5. The van der Waals surface area contributed by atoms with Gasteiger partial charge in [-0.3, -0.25) is 0 Å². The van der Waals surface area contributed by atoms with Crippen molar-refractivity contribution in [2.24, 2.45) is 17.8 Å². The minimum atomic E-state index is -0.519. The number of likely N-dealkylation sites (tertiary alicyclic amines) is 2. The van der Waals surface area contributed by atoms with Crippen LogP contribution in [0.2, 0.25) is 0 Å². The summed E-state index contributed by atoms with van der Waals surface area (Å²) >= 11 is 0. The second-order valence-corrected chi connectivity index (χ2v) is 10.1. The number of nitrogens with zero attached hydrogens (tertiary/aromatic N) is 2. The van der Waals surface area contributed by atoms with Gasteiger partial charge in [0.25, 0.3) is 0 Å². The van der Waals surface area contributed by atoms with Crippen LogP contribution in [0.3, 0.4) is 0 Å². The Labute approximate surface area is 181 Å². The molecular weight excluding hydrogens is 384 g/mol. The Balaban J connectivity index is 0.000000300. The number of ether oxygens (including phenoxy) is 2. The van der Waals surface area contributed by atoms with E-state index in [-0.39, 0.29) is 18.1 Å². The van der Waals surface area contributed by atoms with Gasteiger partial charge < -0.3 is 24.4 Å². The molecule has 7 nitrogen and oxygen atoms in total. The Hall–Kier alpha value is -2.02. The van der Waals surface area contributed by atoms with Crippen LogP contribution in [-0.2, 0) is 9.47 Å². The molecule has 2 saturated heterocycles. The lowest BCUT2D eigenvalue weighted by Crippen LogP contribution is -2.35. The Kier molecular flexibility index (Phi) is 8.96. The molecule has 0 aliphatic carbocycles. The summed E-state index contributed by atoms with van der Waals surface area (Å²) in [5, 5.41) is 9.59. The van der Waals surface area contributed by atoms with E-state index in [1.807, 2.05) is 47.6 Å². The zero-order chi connectivity index (χ0) is 23.3. The van der Waals surface area contributed by atoms with Crippen LogP contribution in [0.15, 0.2) is 25.3 Å². The molecule has 0 spiro atoms. The number of carbonyl (C=O) groups excluding carboxylic acids is 2. The molecule has 0 aromatic heterocycles. The van der Waals surface area contributed by atoms with E-state index < -0.39 is 17.3 Å². The van der Waals surface area contributed by atoms with Gasteiger partial charge in [-0.2, -0.15) is 0 Å². The highest BCUT2D eigenvalue weighted by Gasteiger charge is 2.34. The van der Waals surface area contributed by atoms with Crippen LogP contribution in [-0.4, -0.2) is 70.6 Å². The number of β-amino-alcohol motifs (C(OH)–C–C–N with tert-alkyl or cyclic N) is 1. The molecule has 0 aromatic carbocycles. The largest absolute Gasteiger partial charge is 0.444 e. The molecule has 2 aliphatic heterocycles. The average molecular weight is 425 g/mol. The maximum Gasteiger partial charge on any atom is 0.410 e. The quantitative estimate of drug-likeness (QED) is 0.676. The molecule has 0 bridgehead atoms. The highest BCUT2D eigenvalue weighted by atomic mass is 16.6. The highest BCUT2D eigenvalue weighted by Crippen LogP contribution is 2.25. The maximum absolute atomic E-state index is 11.7. The van der Waals surface area contributed by atoms with Gasteiger partial charge in [-0.25, -0.2) is 9.59 Å². The van der Waals surface area contributed by atoms with E-state index in [9.17, 15) is 14.7 Å². The highest BCUT2D eigenvalue weighted by molar-refractivity contribution is 5.69. The van der Waals surface area contributed by atoms with Gasteiger partial charge in [0.05, 0.1) is 12.6 Å². The first-order valence-corrected chi connectivity index (χ1v) is 10.6. The summed E-state index contributed by atoms with van der Waals surface area (Å²) in [5.74, 6) is 0.838. The van der Waals surface area contributed by atoms with Gasteiger partial charge in [0, 0.05) is 25.6 Å². The van der Waals surface area contributed by atoms with Crippen molar-refractivity contribution in [3.63, 3.8) is 0 Å². The van der Waals surface area contributed by atoms with Gasteiger partial charge in [-0.15, -0.1) is 13.2 Å². The molecule has 0 unspecified atom stereocenters. The van der Waals surface area contributed by atoms with E-state index in [1.165, 1.54) is 4.90 Å². The molecular formula is C23H40N2O5. The summed E-state index contributed by atoms with van der Waals surface area (Å²) in [6, 6.07) is 0. The summed E-state index contributed by atoms with van der Waals surface area (Å²) in [7, 11) is 0. The van der Waals surface area contributed by atoms with E-state index in [4.69, 9.17) is 9.47 Å². The van der Waals surface area contributed by atoms with E-state index in [2.05, 4.69) is 20.1 Å². The van der Waals surface area contributed by atoms with Crippen molar-refractivity contribution in [1.29, 1.82) is 0 Å². The van der Waals surface area contributed by atoms with Crippen molar-refractivity contribution in [2.75, 3.05) is 26.2 Å². The maximum atomic E-state index is 11.7. The number of amides is 2. The minimum absolute atomic E-state index is 0.0440. The standard InChI is InChI=1S/C12H21NO2.C11H19NO3/c1-6-10-8-13(7-9(10)2)11(14)15-12(3,4)5;1-5-8-6-12(7-9(8)13)10(14)15-11(2,3)4/h6,9-10H,1,7-8H2,2-5H3;5,8-9,13H,1,6-7H2,2-4H3/t9-,10+;8-,9-/m01/s1. The van der Waals surface area contributed by atoms with Crippen molar-refractivity contribution in [3.8, 4) is 0 Å². The molecule has 30 heavy (non-hydrogen) atoms. The smallest absolute Gasteiger partial charge is 0.410 e. The first kappa shape index (κ1) is 26.0. The van der Waals surface area contributed by atoms with E-state index in [0.717, 1.165) is 13.1 Å². The molecule has 7 heteroatoms. The fraction of sp³-hybridized carbons (Fsp3) is 0.739. The molecule has 2 aliphatic rings. The zero-order valence-electron chi connectivity index (χ0n) is 19.7. The molecule has 1 N–H and O–H groups in total. The monoisotopic (exact) mass is 424 g/mol. The van der Waals surface area contributed by atoms with Crippen molar-refractivity contribution < 1.29 is 24.2 Å². The first-order valence-electron chi connectivity index (χ1n) is 10.6. The van der Waals surface area contributed by atoms with Crippen LogP contribution in [0, 0.1) is 17.8 Å². The van der Waals surface area contributed by atoms with Crippen molar-refractivity contribution >= 4 is 12.2 Å². The first-order chi connectivity index (χ1) is 13.7. The SMILES string of the molecule is C=C[C@@H]1CN(C(=O)OC(C)(C)C)C[C@@H]1C.C=C[C@@H]1CN(C(=O)OC(C)(C)C)C[C@H]1O. The third kappa shape index (κ3) is 8.38. The number of rotatable bonds is 2. The lowest BCUT2D eigenvalue weighted by atomic mass is 9.99. The van der Waals surface area contributed by atoms with Gasteiger partial charge in [-0.05, 0) is 53.4 Å². The van der Waals surface area contributed by atoms with Gasteiger partial charge in [-0.1, -0.05) is 19.1 Å². The Bertz CT molecular complexity index is 566. The van der Waals surface area contributed by atoms with Crippen LogP contribution in [0.25, 0.3) is 0 Å². The molecule has 2 rings (SSSR count). The molecule has 0 saturated carbocycles. The normalized spacial score (nSPS) is 26.5. The molecule has 2 amide bonds. The number of aliphatic hydroxyl groups excluding tert-OH is 1. The van der Waals surface area contributed by atoms with Crippen molar-refractivity contribution in [2.45, 2.75) is 65.8 Å². The second-order valence-electron chi connectivity index (χ2n) is 10.1. The molecule has 4 atom stereocenters. The lowest BCUT2D eigenvalue weighted by Gasteiger charge is -2.24. The van der Waals surface area contributed by atoms with Gasteiger partial charge in [0.15, 0.2) is 0 Å². The topological polar surface area (TPSA) is 79.3 Å². The Morgan fingerprint density at radius 3 is 1.57 bits per heavy atom. The summed E-state index contributed by atoms with van der Waals surface area (Å²) in [6.45, 7) is 23.0. The van der Waals surface area contributed by atoms with Crippen molar-refractivity contribution in [3.05, 3.63) is 25.3 Å². The summed E-state index contributed by atoms with van der Waals surface area (Å²) in [6.07, 6.45) is 2.50. The zero-order valence-corrected chi connectivity index (χ0v) is 19.7. The van der Waals surface area contributed by atoms with Crippen LogP contribution in [0.5, 0.6) is 0 Å². The molecule has 0 radical (unpaired) electrons. The van der Waals surface area contributed by atoms with E-state index in [0.29, 0.717) is 24.9 Å². The van der Waals surface area contributed by atoms with Crippen LogP contribution >= 0.6 is 0 Å². The molecule has 0 aromatic rings. The summed E-state index contributed by atoms with van der Waals surface area (Å²) in [4.78, 5) is 26.6. The number of carbonyl (C=O) groups is 2. The summed E-state index contributed by atoms with van der Waals surface area (Å²) in [5.41, 5.74) is -0.902.